The van der Waals surface area contributed by atoms with E-state index in [0.29, 0.717) is 18.8 Å². The Kier molecular flexibility index (Phi) is 3.69. The molecular weight excluding hydrogens is 268 g/mol. The van der Waals surface area contributed by atoms with Gasteiger partial charge in [-0.05, 0) is 13.8 Å². The van der Waals surface area contributed by atoms with Crippen LogP contribution in [0, 0.1) is 13.8 Å². The molecule has 1 unspecified atom stereocenters. The van der Waals surface area contributed by atoms with Crippen molar-refractivity contribution in [2.45, 2.75) is 39.6 Å². The van der Waals surface area contributed by atoms with E-state index in [1.165, 1.54) is 0 Å². The van der Waals surface area contributed by atoms with E-state index >= 15 is 0 Å². The molecule has 21 heavy (non-hydrogen) atoms. The van der Waals surface area contributed by atoms with E-state index in [9.17, 15) is 5.11 Å². The number of aryl methyl sites for hydroxylation is 1. The number of aromatic nitrogens is 4. The van der Waals surface area contributed by atoms with Crippen LogP contribution in [0.1, 0.15) is 17.2 Å². The van der Waals surface area contributed by atoms with Gasteiger partial charge in [0.2, 0.25) is 0 Å². The fourth-order valence-electron chi connectivity index (χ4n) is 2.82. The highest BCUT2D eigenvalue weighted by molar-refractivity contribution is 5.46. The number of anilines is 1. The maximum Gasteiger partial charge on any atom is 0.122 e. The van der Waals surface area contributed by atoms with Crippen LogP contribution >= 0.6 is 0 Å². The SMILES string of the molecule is Cc1nn(CC(O)CN2CCn3ccnc3C2)c(C)c1N. The van der Waals surface area contributed by atoms with Crippen molar-refractivity contribution in [1.82, 2.24) is 24.2 Å². The molecule has 0 bridgehead atoms. The van der Waals surface area contributed by atoms with Crippen molar-refractivity contribution >= 4 is 5.69 Å². The summed E-state index contributed by atoms with van der Waals surface area (Å²) in [5.74, 6) is 1.06. The summed E-state index contributed by atoms with van der Waals surface area (Å²) in [6, 6.07) is 0. The Morgan fingerprint density at radius 2 is 2.14 bits per heavy atom. The first-order valence-electron chi connectivity index (χ1n) is 7.24. The van der Waals surface area contributed by atoms with Gasteiger partial charge in [-0.15, -0.1) is 0 Å². The normalized spacial score (nSPS) is 16.9. The van der Waals surface area contributed by atoms with E-state index in [0.717, 1.165) is 36.8 Å². The Morgan fingerprint density at radius 3 is 2.86 bits per heavy atom. The maximum atomic E-state index is 10.3. The zero-order valence-corrected chi connectivity index (χ0v) is 12.5. The van der Waals surface area contributed by atoms with Gasteiger partial charge in [0.1, 0.15) is 5.82 Å². The highest BCUT2D eigenvalue weighted by atomic mass is 16.3. The number of hydrogen-bond acceptors (Lipinski definition) is 5. The van der Waals surface area contributed by atoms with Crippen LogP contribution in [0.4, 0.5) is 5.69 Å². The van der Waals surface area contributed by atoms with E-state index in [1.807, 2.05) is 26.2 Å². The van der Waals surface area contributed by atoms with E-state index in [4.69, 9.17) is 5.73 Å². The topological polar surface area (TPSA) is 85.1 Å². The van der Waals surface area contributed by atoms with Crippen LogP contribution in [0.25, 0.3) is 0 Å². The molecule has 0 aromatic carbocycles. The summed E-state index contributed by atoms with van der Waals surface area (Å²) in [5.41, 5.74) is 8.36. The summed E-state index contributed by atoms with van der Waals surface area (Å²) in [7, 11) is 0. The molecule has 0 fully saturated rings. The van der Waals surface area contributed by atoms with Gasteiger partial charge in [0.25, 0.3) is 0 Å². The lowest BCUT2D eigenvalue weighted by molar-refractivity contribution is 0.0807. The molecule has 0 saturated heterocycles. The molecule has 3 N–H and O–H groups in total. The number of fused-ring (bicyclic) bond motifs is 1. The summed E-state index contributed by atoms with van der Waals surface area (Å²) in [4.78, 5) is 6.56. The second-order valence-electron chi connectivity index (χ2n) is 5.69. The Morgan fingerprint density at radius 1 is 1.33 bits per heavy atom. The van der Waals surface area contributed by atoms with Gasteiger partial charge in [0, 0.05) is 32.0 Å². The smallest absolute Gasteiger partial charge is 0.122 e. The number of nitrogens with zero attached hydrogens (tertiary/aromatic N) is 5. The average Bonchev–Trinajstić information content (AvgIpc) is 3.00. The summed E-state index contributed by atoms with van der Waals surface area (Å²) in [5, 5.41) is 14.7. The first-order valence-corrected chi connectivity index (χ1v) is 7.24. The van der Waals surface area contributed by atoms with Crippen LogP contribution in [-0.4, -0.2) is 48.5 Å². The van der Waals surface area contributed by atoms with Crippen LogP contribution in [0.2, 0.25) is 0 Å². The average molecular weight is 290 g/mol. The molecular formula is C14H22N6O. The lowest BCUT2D eigenvalue weighted by Gasteiger charge is -2.29. The van der Waals surface area contributed by atoms with Crippen LogP contribution in [0.15, 0.2) is 12.4 Å². The molecule has 114 valence electrons. The summed E-state index contributed by atoms with van der Waals surface area (Å²) in [6.45, 7) is 7.53. The molecule has 2 aromatic rings. The van der Waals surface area contributed by atoms with Crippen molar-refractivity contribution in [1.29, 1.82) is 0 Å². The predicted octanol–water partition coefficient (Wildman–Crippen LogP) is 0.155. The molecule has 7 nitrogen and oxygen atoms in total. The quantitative estimate of drug-likeness (QED) is 0.837. The van der Waals surface area contributed by atoms with Crippen LogP contribution < -0.4 is 5.73 Å². The Bertz CT molecular complexity index is 631. The molecule has 1 aliphatic heterocycles. The number of nitrogens with two attached hydrogens (primary N) is 1. The summed E-state index contributed by atoms with van der Waals surface area (Å²) in [6.07, 6.45) is 3.36. The molecule has 0 saturated carbocycles. The highest BCUT2D eigenvalue weighted by Crippen LogP contribution is 2.16. The molecule has 3 rings (SSSR count). The van der Waals surface area contributed by atoms with Crippen LogP contribution in [0.3, 0.4) is 0 Å². The van der Waals surface area contributed by atoms with Crippen molar-refractivity contribution in [3.05, 3.63) is 29.6 Å². The second kappa shape index (κ2) is 5.50. The molecule has 3 heterocycles. The number of rotatable bonds is 4. The number of aliphatic hydroxyl groups excluding tert-OH is 1. The Labute approximate surface area is 124 Å². The third kappa shape index (κ3) is 2.79. The number of aliphatic hydroxyl groups is 1. The minimum Gasteiger partial charge on any atom is -0.396 e. The van der Waals surface area contributed by atoms with Crippen LogP contribution in [-0.2, 0) is 19.6 Å². The molecule has 0 amide bonds. The molecule has 1 atom stereocenters. The largest absolute Gasteiger partial charge is 0.396 e. The van der Waals surface area contributed by atoms with E-state index in [2.05, 4.69) is 19.5 Å². The zero-order chi connectivity index (χ0) is 15.0. The summed E-state index contributed by atoms with van der Waals surface area (Å²) >= 11 is 0. The predicted molar refractivity (Wildman–Crippen MR) is 79.6 cm³/mol. The Balaban J connectivity index is 1.60. The number of hydrogen-bond donors (Lipinski definition) is 2. The fourth-order valence-corrected chi connectivity index (χ4v) is 2.82. The van der Waals surface area contributed by atoms with Gasteiger partial charge in [-0.3, -0.25) is 9.58 Å². The van der Waals surface area contributed by atoms with Crippen molar-refractivity contribution < 1.29 is 5.11 Å². The lowest BCUT2D eigenvalue weighted by Crippen LogP contribution is -2.40. The number of β-amino-alcohol motifs (C(OH)–C–C–N with tert-alkyl or cyclic N) is 1. The van der Waals surface area contributed by atoms with Gasteiger partial charge in [0.05, 0.1) is 36.3 Å². The van der Waals surface area contributed by atoms with Crippen LogP contribution in [0.5, 0.6) is 0 Å². The first kappa shape index (κ1) is 14.1. The van der Waals surface area contributed by atoms with Gasteiger partial charge in [0.15, 0.2) is 0 Å². The van der Waals surface area contributed by atoms with Crippen molar-refractivity contribution in [2.24, 2.45) is 0 Å². The number of imidazole rings is 1. The summed E-state index contributed by atoms with van der Waals surface area (Å²) < 4.78 is 3.95. The van der Waals surface area contributed by atoms with E-state index in [-0.39, 0.29) is 0 Å². The lowest BCUT2D eigenvalue weighted by atomic mass is 10.2. The van der Waals surface area contributed by atoms with E-state index < -0.39 is 6.10 Å². The third-order valence-corrected chi connectivity index (χ3v) is 4.11. The van der Waals surface area contributed by atoms with Crippen molar-refractivity contribution in [2.75, 3.05) is 18.8 Å². The molecule has 0 spiro atoms. The number of nitrogen functional groups attached to an aromatic ring is 1. The first-order chi connectivity index (χ1) is 10.0. The molecule has 0 radical (unpaired) electrons. The minimum absolute atomic E-state index is 0.467. The molecule has 7 heteroatoms. The standard InChI is InChI=1S/C14H22N6O/c1-10-14(15)11(2)20(17-10)8-12(21)7-18-5-6-19-4-3-16-13(19)9-18/h3-4,12,21H,5-9,15H2,1-2H3. The third-order valence-electron chi connectivity index (χ3n) is 4.11. The van der Waals surface area contributed by atoms with Gasteiger partial charge in [-0.25, -0.2) is 4.98 Å². The monoisotopic (exact) mass is 290 g/mol. The van der Waals surface area contributed by atoms with Gasteiger partial charge in [-0.1, -0.05) is 0 Å². The minimum atomic E-state index is -0.469. The van der Waals surface area contributed by atoms with Gasteiger partial charge in [-0.2, -0.15) is 5.10 Å². The zero-order valence-electron chi connectivity index (χ0n) is 12.5. The second-order valence-corrected chi connectivity index (χ2v) is 5.69. The van der Waals surface area contributed by atoms with Crippen molar-refractivity contribution in [3.63, 3.8) is 0 Å². The molecule has 2 aromatic heterocycles. The molecule has 1 aliphatic rings. The molecule has 0 aliphatic carbocycles. The maximum absolute atomic E-state index is 10.3. The van der Waals surface area contributed by atoms with Gasteiger partial charge >= 0.3 is 0 Å². The van der Waals surface area contributed by atoms with Gasteiger partial charge < -0.3 is 15.4 Å². The van der Waals surface area contributed by atoms with Crippen molar-refractivity contribution in [3.8, 4) is 0 Å². The van der Waals surface area contributed by atoms with E-state index in [1.54, 1.807) is 4.68 Å². The fraction of sp³-hybridized carbons (Fsp3) is 0.571. The highest BCUT2D eigenvalue weighted by Gasteiger charge is 2.20. The Hall–Kier alpha value is -1.86.